The van der Waals surface area contributed by atoms with Crippen molar-refractivity contribution in [3.8, 4) is 0 Å². The SMILES string of the molecule is O=C(Nc1cccc(S(=O)(=O)N2CCCC2)c1)c1ccc(Cl)c(N2CCCC2=O)c1. The van der Waals surface area contributed by atoms with Gasteiger partial charge in [-0.05, 0) is 55.7 Å². The van der Waals surface area contributed by atoms with E-state index in [1.807, 2.05) is 0 Å². The zero-order chi connectivity index (χ0) is 21.3. The Bertz CT molecular complexity index is 1100. The summed E-state index contributed by atoms with van der Waals surface area (Å²) in [5.74, 6) is -0.426. The van der Waals surface area contributed by atoms with E-state index in [-0.39, 0.29) is 10.8 Å². The number of hydrogen-bond acceptors (Lipinski definition) is 4. The van der Waals surface area contributed by atoms with E-state index in [4.69, 9.17) is 11.6 Å². The van der Waals surface area contributed by atoms with Gasteiger partial charge in [-0.2, -0.15) is 4.31 Å². The van der Waals surface area contributed by atoms with Crippen molar-refractivity contribution >= 4 is 44.8 Å². The third-order valence-electron chi connectivity index (χ3n) is 5.37. The summed E-state index contributed by atoms with van der Waals surface area (Å²) in [5.41, 5.74) is 1.23. The predicted octanol–water partition coefficient (Wildman–Crippen LogP) is 3.50. The minimum Gasteiger partial charge on any atom is -0.322 e. The Kier molecular flexibility index (Phi) is 5.81. The number of carbonyl (C=O) groups is 2. The molecule has 2 aromatic rings. The summed E-state index contributed by atoms with van der Waals surface area (Å²) in [7, 11) is -3.57. The normalized spacial score (nSPS) is 17.5. The van der Waals surface area contributed by atoms with Crippen molar-refractivity contribution in [2.45, 2.75) is 30.6 Å². The van der Waals surface area contributed by atoms with Gasteiger partial charge >= 0.3 is 0 Å². The molecule has 2 fully saturated rings. The van der Waals surface area contributed by atoms with Gasteiger partial charge in [0.25, 0.3) is 5.91 Å². The number of benzene rings is 2. The van der Waals surface area contributed by atoms with Gasteiger partial charge in [0.15, 0.2) is 0 Å². The van der Waals surface area contributed by atoms with E-state index in [1.54, 1.807) is 35.2 Å². The monoisotopic (exact) mass is 447 g/mol. The maximum absolute atomic E-state index is 12.8. The van der Waals surface area contributed by atoms with Gasteiger partial charge in [-0.3, -0.25) is 9.59 Å². The molecule has 0 bridgehead atoms. The van der Waals surface area contributed by atoms with Crippen LogP contribution in [0.3, 0.4) is 0 Å². The highest BCUT2D eigenvalue weighted by atomic mass is 35.5. The summed E-state index contributed by atoms with van der Waals surface area (Å²) in [5, 5.41) is 3.14. The van der Waals surface area contributed by atoms with Crippen LogP contribution < -0.4 is 10.2 Å². The van der Waals surface area contributed by atoms with Crippen molar-refractivity contribution in [3.05, 3.63) is 53.1 Å². The van der Waals surface area contributed by atoms with Crippen LogP contribution in [0.15, 0.2) is 47.4 Å². The first kappa shape index (κ1) is 20.8. The number of nitrogens with one attached hydrogen (secondary N) is 1. The van der Waals surface area contributed by atoms with Gasteiger partial charge in [0.1, 0.15) is 0 Å². The fourth-order valence-corrected chi connectivity index (χ4v) is 5.56. The van der Waals surface area contributed by atoms with E-state index < -0.39 is 15.9 Å². The fourth-order valence-electron chi connectivity index (χ4n) is 3.78. The van der Waals surface area contributed by atoms with Crippen molar-refractivity contribution in [1.29, 1.82) is 0 Å². The molecule has 0 atom stereocenters. The number of anilines is 2. The first-order chi connectivity index (χ1) is 14.4. The summed E-state index contributed by atoms with van der Waals surface area (Å²) in [6.45, 7) is 1.60. The molecule has 30 heavy (non-hydrogen) atoms. The summed E-state index contributed by atoms with van der Waals surface area (Å²) in [6.07, 6.45) is 2.93. The zero-order valence-corrected chi connectivity index (χ0v) is 17.9. The Labute approximate surface area is 180 Å². The molecule has 2 heterocycles. The summed E-state index contributed by atoms with van der Waals surface area (Å²) in [6, 6.07) is 11.0. The second kappa shape index (κ2) is 8.37. The van der Waals surface area contributed by atoms with Crippen molar-refractivity contribution in [3.63, 3.8) is 0 Å². The molecule has 2 aromatic carbocycles. The highest BCUT2D eigenvalue weighted by Gasteiger charge is 2.28. The molecule has 2 amide bonds. The highest BCUT2D eigenvalue weighted by molar-refractivity contribution is 7.89. The number of carbonyl (C=O) groups excluding carboxylic acids is 2. The lowest BCUT2D eigenvalue weighted by Crippen LogP contribution is -2.28. The molecule has 2 aliphatic rings. The maximum atomic E-state index is 12.8. The third kappa shape index (κ3) is 4.08. The van der Waals surface area contributed by atoms with E-state index in [1.165, 1.54) is 16.4 Å². The fraction of sp³-hybridized carbons (Fsp3) is 0.333. The first-order valence-electron chi connectivity index (χ1n) is 9.88. The molecule has 158 valence electrons. The average Bonchev–Trinajstić information content (AvgIpc) is 3.41. The first-order valence-corrected chi connectivity index (χ1v) is 11.7. The summed E-state index contributed by atoms with van der Waals surface area (Å²) in [4.78, 5) is 26.6. The molecule has 2 aliphatic heterocycles. The molecular weight excluding hydrogens is 426 g/mol. The Balaban J connectivity index is 1.55. The Morgan fingerprint density at radius 2 is 1.77 bits per heavy atom. The van der Waals surface area contributed by atoms with Crippen LogP contribution in [0.1, 0.15) is 36.0 Å². The second-order valence-corrected chi connectivity index (χ2v) is 9.75. The van der Waals surface area contributed by atoms with Gasteiger partial charge in [-0.15, -0.1) is 0 Å². The average molecular weight is 448 g/mol. The number of hydrogen-bond donors (Lipinski definition) is 1. The smallest absolute Gasteiger partial charge is 0.255 e. The van der Waals surface area contributed by atoms with Crippen molar-refractivity contribution in [2.75, 3.05) is 29.9 Å². The van der Waals surface area contributed by atoms with Gasteiger partial charge in [0.2, 0.25) is 15.9 Å². The number of nitrogens with zero attached hydrogens (tertiary/aromatic N) is 2. The minimum absolute atomic E-state index is 0.0192. The number of amides is 2. The van der Waals surface area contributed by atoms with E-state index in [0.717, 1.165) is 19.3 Å². The van der Waals surface area contributed by atoms with Crippen LogP contribution in [-0.2, 0) is 14.8 Å². The van der Waals surface area contributed by atoms with Crippen LogP contribution in [0.25, 0.3) is 0 Å². The Morgan fingerprint density at radius 3 is 2.47 bits per heavy atom. The summed E-state index contributed by atoms with van der Waals surface area (Å²) >= 11 is 6.24. The molecule has 0 aliphatic carbocycles. The van der Waals surface area contributed by atoms with E-state index in [0.29, 0.717) is 48.0 Å². The molecule has 4 rings (SSSR count). The molecule has 0 aromatic heterocycles. The van der Waals surface area contributed by atoms with Gasteiger partial charge in [-0.1, -0.05) is 17.7 Å². The van der Waals surface area contributed by atoms with Crippen LogP contribution >= 0.6 is 11.6 Å². The van der Waals surface area contributed by atoms with Crippen LogP contribution in [0.5, 0.6) is 0 Å². The highest BCUT2D eigenvalue weighted by Crippen LogP contribution is 2.31. The van der Waals surface area contributed by atoms with Gasteiger partial charge < -0.3 is 10.2 Å². The molecule has 2 saturated heterocycles. The number of sulfonamides is 1. The van der Waals surface area contributed by atoms with E-state index in [9.17, 15) is 18.0 Å². The number of halogens is 1. The van der Waals surface area contributed by atoms with Crippen LogP contribution in [-0.4, -0.2) is 44.2 Å². The molecule has 1 N–H and O–H groups in total. The molecule has 9 heteroatoms. The summed E-state index contributed by atoms with van der Waals surface area (Å²) < 4.78 is 27.0. The molecule has 7 nitrogen and oxygen atoms in total. The van der Waals surface area contributed by atoms with Gasteiger partial charge in [0.05, 0.1) is 15.6 Å². The van der Waals surface area contributed by atoms with Crippen LogP contribution in [0.4, 0.5) is 11.4 Å². The van der Waals surface area contributed by atoms with E-state index in [2.05, 4.69) is 5.32 Å². The molecular formula is C21H22ClN3O4S. The molecule has 0 saturated carbocycles. The zero-order valence-electron chi connectivity index (χ0n) is 16.3. The molecule has 0 radical (unpaired) electrons. The van der Waals surface area contributed by atoms with Crippen LogP contribution in [0, 0.1) is 0 Å². The lowest BCUT2D eigenvalue weighted by Gasteiger charge is -2.18. The minimum atomic E-state index is -3.57. The Morgan fingerprint density at radius 1 is 1.00 bits per heavy atom. The van der Waals surface area contributed by atoms with Crippen LogP contribution in [0.2, 0.25) is 5.02 Å². The van der Waals surface area contributed by atoms with Gasteiger partial charge in [0, 0.05) is 37.3 Å². The lowest BCUT2D eigenvalue weighted by atomic mass is 10.1. The quantitative estimate of drug-likeness (QED) is 0.759. The standard InChI is InChI=1S/C21H22ClN3O4S/c22-18-9-8-15(13-19(18)25-12-4-7-20(25)26)21(27)23-16-5-3-6-17(14-16)30(28,29)24-10-1-2-11-24/h3,5-6,8-9,13-14H,1-2,4,7,10-12H2,(H,23,27). The maximum Gasteiger partial charge on any atom is 0.255 e. The van der Waals surface area contributed by atoms with Crippen molar-refractivity contribution < 1.29 is 18.0 Å². The topological polar surface area (TPSA) is 86.8 Å². The predicted molar refractivity (Wildman–Crippen MR) is 115 cm³/mol. The van der Waals surface area contributed by atoms with Gasteiger partial charge in [-0.25, -0.2) is 8.42 Å². The number of rotatable bonds is 5. The second-order valence-electron chi connectivity index (χ2n) is 7.41. The Hall–Kier alpha value is -2.42. The van der Waals surface area contributed by atoms with Crippen molar-refractivity contribution in [2.24, 2.45) is 0 Å². The third-order valence-corrected chi connectivity index (χ3v) is 7.58. The largest absolute Gasteiger partial charge is 0.322 e. The molecule has 0 spiro atoms. The molecule has 0 unspecified atom stereocenters. The van der Waals surface area contributed by atoms with Crippen molar-refractivity contribution in [1.82, 2.24) is 4.31 Å². The lowest BCUT2D eigenvalue weighted by molar-refractivity contribution is -0.117. The van der Waals surface area contributed by atoms with E-state index >= 15 is 0 Å².